The molecule has 1 N–H and O–H groups in total. The molecule has 4 heteroatoms. The van der Waals surface area contributed by atoms with Crippen molar-refractivity contribution in [2.24, 2.45) is 11.8 Å². The molecule has 0 fully saturated rings. The maximum atomic E-state index is 12.3. The van der Waals surface area contributed by atoms with Gasteiger partial charge in [-0.1, -0.05) is 20.8 Å². The largest absolute Gasteiger partial charge is 0.416 e. The third-order valence-electron chi connectivity index (χ3n) is 2.98. The van der Waals surface area contributed by atoms with Crippen molar-refractivity contribution in [2.75, 3.05) is 11.9 Å². The lowest BCUT2D eigenvalue weighted by atomic mass is 9.98. The fraction of sp³-hybridized carbons (Fsp3) is 0.538. The van der Waals surface area contributed by atoms with Crippen LogP contribution in [0.3, 0.4) is 0 Å². The van der Waals surface area contributed by atoms with Gasteiger partial charge in [-0.2, -0.15) is 13.2 Å². The summed E-state index contributed by atoms with van der Waals surface area (Å²) in [5, 5.41) is 3.14. The molecule has 1 aromatic carbocycles. The Hall–Kier alpha value is -1.19. The van der Waals surface area contributed by atoms with Gasteiger partial charge in [0, 0.05) is 12.2 Å². The second-order valence-corrected chi connectivity index (χ2v) is 4.68. The second-order valence-electron chi connectivity index (χ2n) is 4.68. The van der Waals surface area contributed by atoms with Crippen molar-refractivity contribution in [1.29, 1.82) is 0 Å². The first-order valence-electron chi connectivity index (χ1n) is 5.72. The third-order valence-corrected chi connectivity index (χ3v) is 2.98. The minimum Gasteiger partial charge on any atom is -0.385 e. The minimum absolute atomic E-state index is 0.484. The molecule has 1 unspecified atom stereocenters. The fourth-order valence-corrected chi connectivity index (χ4v) is 1.29. The van der Waals surface area contributed by atoms with E-state index in [2.05, 4.69) is 26.1 Å². The van der Waals surface area contributed by atoms with Crippen LogP contribution in [0.1, 0.15) is 26.3 Å². The SMILES string of the molecule is CC(C)C(C)CNc1ccc(C(F)(F)F)cc1. The van der Waals surface area contributed by atoms with Crippen molar-refractivity contribution in [2.45, 2.75) is 26.9 Å². The molecule has 0 radical (unpaired) electrons. The van der Waals surface area contributed by atoms with Gasteiger partial charge >= 0.3 is 6.18 Å². The number of hydrogen-bond acceptors (Lipinski definition) is 1. The van der Waals surface area contributed by atoms with Crippen molar-refractivity contribution >= 4 is 5.69 Å². The van der Waals surface area contributed by atoms with Gasteiger partial charge in [-0.05, 0) is 36.1 Å². The van der Waals surface area contributed by atoms with Gasteiger partial charge in [0.1, 0.15) is 0 Å². The molecule has 0 amide bonds. The summed E-state index contributed by atoms with van der Waals surface area (Å²) in [5.41, 5.74) is 0.116. The van der Waals surface area contributed by atoms with Crippen LogP contribution in [-0.2, 0) is 6.18 Å². The predicted octanol–water partition coefficient (Wildman–Crippen LogP) is 4.41. The highest BCUT2D eigenvalue weighted by molar-refractivity contribution is 5.45. The number of anilines is 1. The lowest BCUT2D eigenvalue weighted by Crippen LogP contribution is -2.16. The molecule has 0 aromatic heterocycles. The lowest BCUT2D eigenvalue weighted by molar-refractivity contribution is -0.137. The summed E-state index contributed by atoms with van der Waals surface area (Å²) in [5.74, 6) is 1.04. The van der Waals surface area contributed by atoms with E-state index in [-0.39, 0.29) is 0 Å². The summed E-state index contributed by atoms with van der Waals surface area (Å²) >= 11 is 0. The lowest BCUT2D eigenvalue weighted by Gasteiger charge is -2.17. The number of rotatable bonds is 4. The Labute approximate surface area is 100 Å². The van der Waals surface area contributed by atoms with Crippen LogP contribution in [-0.4, -0.2) is 6.54 Å². The molecule has 0 heterocycles. The van der Waals surface area contributed by atoms with E-state index in [9.17, 15) is 13.2 Å². The molecule has 1 aromatic rings. The summed E-state index contributed by atoms with van der Waals surface area (Å²) in [6, 6.07) is 5.14. The average Bonchev–Trinajstić information content (AvgIpc) is 2.25. The maximum absolute atomic E-state index is 12.3. The molecule has 0 aliphatic heterocycles. The van der Waals surface area contributed by atoms with E-state index in [1.165, 1.54) is 12.1 Å². The summed E-state index contributed by atoms with van der Waals surface area (Å²) in [7, 11) is 0. The first-order chi connectivity index (χ1) is 7.80. The number of nitrogens with one attached hydrogen (secondary N) is 1. The molecule has 0 saturated carbocycles. The Morgan fingerprint density at radius 2 is 1.59 bits per heavy atom. The summed E-state index contributed by atoms with van der Waals surface area (Å²) in [6.07, 6.45) is -4.26. The molecule has 17 heavy (non-hydrogen) atoms. The molecule has 0 bridgehead atoms. The fourth-order valence-electron chi connectivity index (χ4n) is 1.29. The zero-order valence-electron chi connectivity index (χ0n) is 10.3. The minimum atomic E-state index is -4.26. The number of benzene rings is 1. The van der Waals surface area contributed by atoms with Crippen LogP contribution in [0.15, 0.2) is 24.3 Å². The van der Waals surface area contributed by atoms with Crippen molar-refractivity contribution in [3.63, 3.8) is 0 Å². The highest BCUT2D eigenvalue weighted by Gasteiger charge is 2.29. The number of hydrogen-bond donors (Lipinski definition) is 1. The van der Waals surface area contributed by atoms with Gasteiger partial charge < -0.3 is 5.32 Å². The first kappa shape index (κ1) is 13.9. The Kier molecular flexibility index (Phi) is 4.43. The number of alkyl halides is 3. The van der Waals surface area contributed by atoms with E-state index < -0.39 is 11.7 Å². The van der Waals surface area contributed by atoms with Crippen LogP contribution in [0.2, 0.25) is 0 Å². The van der Waals surface area contributed by atoms with E-state index >= 15 is 0 Å². The van der Waals surface area contributed by atoms with Gasteiger partial charge in [-0.15, -0.1) is 0 Å². The molecule has 1 nitrogen and oxygen atoms in total. The van der Waals surface area contributed by atoms with Crippen LogP contribution < -0.4 is 5.32 Å². The second kappa shape index (κ2) is 5.43. The van der Waals surface area contributed by atoms with Gasteiger partial charge in [0.2, 0.25) is 0 Å². The molecular formula is C13H18F3N. The van der Waals surface area contributed by atoms with Crippen molar-refractivity contribution in [3.05, 3.63) is 29.8 Å². The topological polar surface area (TPSA) is 12.0 Å². The van der Waals surface area contributed by atoms with Gasteiger partial charge in [0.15, 0.2) is 0 Å². The molecule has 1 rings (SSSR count). The Balaban J connectivity index is 2.57. The van der Waals surface area contributed by atoms with E-state index in [1.807, 2.05) is 0 Å². The van der Waals surface area contributed by atoms with Gasteiger partial charge in [-0.25, -0.2) is 0 Å². The molecule has 0 spiro atoms. The number of halogens is 3. The van der Waals surface area contributed by atoms with Crippen molar-refractivity contribution in [3.8, 4) is 0 Å². The molecular weight excluding hydrogens is 227 g/mol. The van der Waals surface area contributed by atoms with E-state index in [0.717, 1.165) is 24.4 Å². The Morgan fingerprint density at radius 1 is 1.06 bits per heavy atom. The highest BCUT2D eigenvalue weighted by Crippen LogP contribution is 2.29. The maximum Gasteiger partial charge on any atom is 0.416 e. The van der Waals surface area contributed by atoms with Gasteiger partial charge in [-0.3, -0.25) is 0 Å². The van der Waals surface area contributed by atoms with Crippen LogP contribution in [0, 0.1) is 11.8 Å². The zero-order valence-corrected chi connectivity index (χ0v) is 10.3. The van der Waals surface area contributed by atoms with Crippen LogP contribution in [0.4, 0.5) is 18.9 Å². The van der Waals surface area contributed by atoms with Gasteiger partial charge in [0.05, 0.1) is 5.56 Å². The predicted molar refractivity (Wildman–Crippen MR) is 63.9 cm³/mol. The first-order valence-corrected chi connectivity index (χ1v) is 5.72. The molecule has 96 valence electrons. The molecule has 0 saturated heterocycles. The van der Waals surface area contributed by atoms with Crippen LogP contribution in [0.5, 0.6) is 0 Å². The van der Waals surface area contributed by atoms with Gasteiger partial charge in [0.25, 0.3) is 0 Å². The van der Waals surface area contributed by atoms with Crippen LogP contribution >= 0.6 is 0 Å². The molecule has 1 atom stereocenters. The molecule has 0 aliphatic carbocycles. The smallest absolute Gasteiger partial charge is 0.385 e. The summed E-state index contributed by atoms with van der Waals surface area (Å²) in [4.78, 5) is 0. The van der Waals surface area contributed by atoms with Crippen LogP contribution in [0.25, 0.3) is 0 Å². The highest BCUT2D eigenvalue weighted by atomic mass is 19.4. The zero-order chi connectivity index (χ0) is 13.1. The van der Waals surface area contributed by atoms with E-state index in [1.54, 1.807) is 0 Å². The summed E-state index contributed by atoms with van der Waals surface area (Å²) < 4.78 is 37.0. The quantitative estimate of drug-likeness (QED) is 0.828. The van der Waals surface area contributed by atoms with E-state index in [4.69, 9.17) is 0 Å². The Bertz CT molecular complexity index is 341. The summed E-state index contributed by atoms with van der Waals surface area (Å²) in [6.45, 7) is 7.13. The molecule has 0 aliphatic rings. The van der Waals surface area contributed by atoms with Crippen molar-refractivity contribution in [1.82, 2.24) is 0 Å². The van der Waals surface area contributed by atoms with Crippen molar-refractivity contribution < 1.29 is 13.2 Å². The third kappa shape index (κ3) is 4.29. The standard InChI is InChI=1S/C13H18F3N/c1-9(2)10(3)8-17-12-6-4-11(5-7-12)13(14,15)16/h4-7,9-10,17H,8H2,1-3H3. The average molecular weight is 245 g/mol. The normalized spacial score (nSPS) is 13.8. The van der Waals surface area contributed by atoms with E-state index in [0.29, 0.717) is 11.8 Å². The monoisotopic (exact) mass is 245 g/mol. The Morgan fingerprint density at radius 3 is 2.00 bits per heavy atom.